The minimum atomic E-state index is -1.02. The number of amides is 2. The maximum Gasteiger partial charge on any atom is 0.330 e. The second-order valence-corrected chi connectivity index (χ2v) is 6.62. The van der Waals surface area contributed by atoms with Gasteiger partial charge in [0.25, 0.3) is 5.91 Å². The average Bonchev–Trinajstić information content (AvgIpc) is 3.58. The molecule has 8 nitrogen and oxygen atoms in total. The van der Waals surface area contributed by atoms with Gasteiger partial charge in [-0.15, -0.1) is 0 Å². The first-order chi connectivity index (χ1) is 14.4. The molecule has 1 saturated carbocycles. The molecule has 2 rings (SSSR count). The van der Waals surface area contributed by atoms with Crippen molar-refractivity contribution in [2.45, 2.75) is 24.9 Å². The highest BCUT2D eigenvalue weighted by Crippen LogP contribution is 2.17. The number of carbonyl (C=O) groups is 3. The van der Waals surface area contributed by atoms with Crippen LogP contribution in [0.1, 0.15) is 28.8 Å². The SMILES string of the molecule is C=C/C=C(/O)C#Cc1ccc(C(=O)N[C@@H](CNC(=O)CNC2CC2)C(=O)OC)cc1. The molecule has 0 aromatic heterocycles. The van der Waals surface area contributed by atoms with Crippen LogP contribution >= 0.6 is 0 Å². The Morgan fingerprint density at radius 3 is 2.60 bits per heavy atom. The third kappa shape index (κ3) is 7.81. The first-order valence-electron chi connectivity index (χ1n) is 9.45. The minimum absolute atomic E-state index is 0.0813. The number of rotatable bonds is 9. The lowest BCUT2D eigenvalue weighted by atomic mass is 10.1. The van der Waals surface area contributed by atoms with E-state index in [2.05, 4.69) is 34.4 Å². The largest absolute Gasteiger partial charge is 0.501 e. The average molecular weight is 411 g/mol. The highest BCUT2D eigenvalue weighted by atomic mass is 16.5. The lowest BCUT2D eigenvalue weighted by Crippen LogP contribution is -2.50. The van der Waals surface area contributed by atoms with Gasteiger partial charge in [-0.25, -0.2) is 4.79 Å². The molecule has 30 heavy (non-hydrogen) atoms. The second kappa shape index (κ2) is 11.4. The van der Waals surface area contributed by atoms with Crippen molar-refractivity contribution in [3.05, 3.63) is 59.9 Å². The summed E-state index contributed by atoms with van der Waals surface area (Å²) < 4.78 is 4.71. The van der Waals surface area contributed by atoms with E-state index in [1.807, 2.05) is 0 Å². The quantitative estimate of drug-likeness (QED) is 0.207. The molecule has 158 valence electrons. The highest BCUT2D eigenvalue weighted by molar-refractivity contribution is 5.97. The number of ether oxygens (including phenoxy) is 1. The lowest BCUT2D eigenvalue weighted by molar-refractivity contribution is -0.142. The number of aliphatic hydroxyl groups is 1. The van der Waals surface area contributed by atoms with Crippen LogP contribution < -0.4 is 16.0 Å². The molecule has 1 aliphatic carbocycles. The molecular weight excluding hydrogens is 386 g/mol. The predicted octanol–water partition coefficient (Wildman–Crippen LogP) is 0.806. The molecule has 1 aromatic rings. The van der Waals surface area contributed by atoms with E-state index in [0.717, 1.165) is 12.8 Å². The number of allylic oxidation sites excluding steroid dienone is 3. The molecule has 0 heterocycles. The minimum Gasteiger partial charge on any atom is -0.501 e. The Labute approximate surface area is 175 Å². The molecule has 0 spiro atoms. The number of aliphatic hydroxyl groups excluding tert-OH is 1. The lowest BCUT2D eigenvalue weighted by Gasteiger charge is -2.17. The molecule has 1 aromatic carbocycles. The predicted molar refractivity (Wildman–Crippen MR) is 112 cm³/mol. The van der Waals surface area contributed by atoms with Crippen molar-refractivity contribution in [1.29, 1.82) is 0 Å². The summed E-state index contributed by atoms with van der Waals surface area (Å²) in [4.78, 5) is 36.3. The fourth-order valence-electron chi connectivity index (χ4n) is 2.37. The van der Waals surface area contributed by atoms with E-state index in [1.165, 1.54) is 19.3 Å². The van der Waals surface area contributed by atoms with Gasteiger partial charge in [0.05, 0.1) is 13.7 Å². The topological polar surface area (TPSA) is 117 Å². The fraction of sp³-hybridized carbons (Fsp3) is 0.318. The first kappa shape index (κ1) is 22.7. The number of nitrogens with one attached hydrogen (secondary N) is 3. The van der Waals surface area contributed by atoms with Crippen molar-refractivity contribution >= 4 is 17.8 Å². The van der Waals surface area contributed by atoms with Crippen LogP contribution in [0.4, 0.5) is 0 Å². The summed E-state index contributed by atoms with van der Waals surface area (Å²) in [6.45, 7) is 3.54. The summed E-state index contributed by atoms with van der Waals surface area (Å²) in [5.41, 5.74) is 0.901. The smallest absolute Gasteiger partial charge is 0.330 e. The van der Waals surface area contributed by atoms with Gasteiger partial charge in [0.2, 0.25) is 5.91 Å². The van der Waals surface area contributed by atoms with Crippen LogP contribution in [-0.4, -0.2) is 55.2 Å². The van der Waals surface area contributed by atoms with Crippen LogP contribution in [0.5, 0.6) is 0 Å². The molecule has 0 unspecified atom stereocenters. The van der Waals surface area contributed by atoms with E-state index in [0.29, 0.717) is 17.2 Å². The zero-order valence-electron chi connectivity index (χ0n) is 16.7. The maximum atomic E-state index is 12.5. The summed E-state index contributed by atoms with van der Waals surface area (Å²) >= 11 is 0. The number of hydrogen-bond acceptors (Lipinski definition) is 6. The summed E-state index contributed by atoms with van der Waals surface area (Å²) in [5.74, 6) is 3.74. The van der Waals surface area contributed by atoms with Crippen LogP contribution in [0.25, 0.3) is 0 Å². The third-order valence-electron chi connectivity index (χ3n) is 4.18. The zero-order chi connectivity index (χ0) is 21.9. The molecule has 1 atom stereocenters. The van der Waals surface area contributed by atoms with Gasteiger partial charge in [0.1, 0.15) is 6.04 Å². The van der Waals surface area contributed by atoms with Crippen LogP contribution in [0.15, 0.2) is 48.8 Å². The molecule has 1 fully saturated rings. The number of carbonyl (C=O) groups excluding carboxylic acids is 3. The fourth-order valence-corrected chi connectivity index (χ4v) is 2.37. The Morgan fingerprint density at radius 2 is 2.00 bits per heavy atom. The molecule has 0 bridgehead atoms. The van der Waals surface area contributed by atoms with Gasteiger partial charge in [-0.3, -0.25) is 9.59 Å². The maximum absolute atomic E-state index is 12.5. The second-order valence-electron chi connectivity index (χ2n) is 6.62. The Morgan fingerprint density at radius 1 is 1.30 bits per heavy atom. The molecular formula is C22H25N3O5. The molecule has 2 amide bonds. The van der Waals surface area contributed by atoms with E-state index in [-0.39, 0.29) is 24.8 Å². The summed E-state index contributed by atoms with van der Waals surface area (Å²) in [7, 11) is 1.21. The van der Waals surface area contributed by atoms with E-state index < -0.39 is 17.9 Å². The van der Waals surface area contributed by atoms with Crippen LogP contribution in [0.3, 0.4) is 0 Å². The molecule has 0 radical (unpaired) electrons. The van der Waals surface area contributed by atoms with Gasteiger partial charge >= 0.3 is 5.97 Å². The van der Waals surface area contributed by atoms with Crippen molar-refractivity contribution < 1.29 is 24.2 Å². The van der Waals surface area contributed by atoms with E-state index in [1.54, 1.807) is 24.3 Å². The van der Waals surface area contributed by atoms with Crippen molar-refractivity contribution in [3.63, 3.8) is 0 Å². The van der Waals surface area contributed by atoms with Crippen molar-refractivity contribution in [3.8, 4) is 11.8 Å². The monoisotopic (exact) mass is 411 g/mol. The van der Waals surface area contributed by atoms with Crippen LogP contribution in [-0.2, 0) is 14.3 Å². The van der Waals surface area contributed by atoms with Gasteiger partial charge in [0, 0.05) is 23.7 Å². The Balaban J connectivity index is 1.93. The molecule has 0 saturated heterocycles. The van der Waals surface area contributed by atoms with E-state index >= 15 is 0 Å². The summed E-state index contributed by atoms with van der Waals surface area (Å²) in [6.07, 6.45) is 4.90. The molecule has 4 N–H and O–H groups in total. The number of benzene rings is 1. The van der Waals surface area contributed by atoms with Crippen molar-refractivity contribution in [1.82, 2.24) is 16.0 Å². The van der Waals surface area contributed by atoms with Crippen LogP contribution in [0, 0.1) is 11.8 Å². The van der Waals surface area contributed by atoms with E-state index in [9.17, 15) is 19.5 Å². The van der Waals surface area contributed by atoms with Gasteiger partial charge in [-0.1, -0.05) is 18.6 Å². The Kier molecular flexibility index (Phi) is 8.66. The number of hydrogen-bond donors (Lipinski definition) is 4. The normalized spacial score (nSPS) is 14.0. The Bertz CT molecular complexity index is 876. The van der Waals surface area contributed by atoms with Crippen molar-refractivity contribution in [2.75, 3.05) is 20.2 Å². The van der Waals surface area contributed by atoms with Gasteiger partial charge in [-0.2, -0.15) is 0 Å². The van der Waals surface area contributed by atoms with Gasteiger partial charge in [-0.05, 0) is 49.1 Å². The van der Waals surface area contributed by atoms with Crippen molar-refractivity contribution in [2.24, 2.45) is 0 Å². The zero-order valence-corrected chi connectivity index (χ0v) is 16.7. The number of esters is 1. The summed E-state index contributed by atoms with van der Waals surface area (Å²) in [6, 6.07) is 5.68. The van der Waals surface area contributed by atoms with Gasteiger partial charge < -0.3 is 25.8 Å². The Hall–Kier alpha value is -3.57. The van der Waals surface area contributed by atoms with Gasteiger partial charge in [0.15, 0.2) is 5.76 Å². The summed E-state index contributed by atoms with van der Waals surface area (Å²) in [5, 5.41) is 17.7. The number of methoxy groups -OCH3 is 1. The molecule has 0 aliphatic heterocycles. The standard InChI is InChI=1S/C22H25N3O5/c1-3-4-18(26)12-7-15-5-8-16(9-6-15)21(28)25-19(22(29)30-2)13-24-20(27)14-23-17-10-11-17/h3-6,8-9,17,19,23,26H,1,10-11,13-14H2,2H3,(H,24,27)(H,25,28)/b18-4+/t19-/m0/s1. The molecule has 8 heteroatoms. The highest BCUT2D eigenvalue weighted by Gasteiger charge is 2.24. The molecule has 1 aliphatic rings. The van der Waals surface area contributed by atoms with Crippen LogP contribution in [0.2, 0.25) is 0 Å². The first-order valence-corrected chi connectivity index (χ1v) is 9.45. The van der Waals surface area contributed by atoms with E-state index in [4.69, 9.17) is 4.74 Å². The third-order valence-corrected chi connectivity index (χ3v) is 4.18.